The molecule has 0 aliphatic rings. The topological polar surface area (TPSA) is 69.9 Å². The molecule has 0 saturated heterocycles. The Kier molecular flexibility index (Phi) is 8.01. The minimum atomic E-state index is -2.61. The third-order valence-corrected chi connectivity index (χ3v) is 5.94. The van der Waals surface area contributed by atoms with Gasteiger partial charge in [-0.1, -0.05) is 78.3 Å². The van der Waals surface area contributed by atoms with Gasteiger partial charge in [-0.05, 0) is 54.5 Å². The zero-order valence-corrected chi connectivity index (χ0v) is 18.3. The SMILES string of the molecule is O=C(O)C(F)(c1ccc(-c2ccc(Cl)cc2)cc1)C(CC=NO)CCCc1ccccc1. The van der Waals surface area contributed by atoms with Crippen LogP contribution in [0.5, 0.6) is 0 Å². The second-order valence-corrected chi connectivity index (χ2v) is 8.15. The number of benzene rings is 3. The van der Waals surface area contributed by atoms with E-state index in [-0.39, 0.29) is 12.0 Å². The molecule has 3 rings (SSSR count). The summed E-state index contributed by atoms with van der Waals surface area (Å²) >= 11 is 5.93. The third kappa shape index (κ3) is 5.54. The van der Waals surface area contributed by atoms with E-state index in [2.05, 4.69) is 5.16 Å². The number of aliphatic carboxylic acids is 1. The smallest absolute Gasteiger partial charge is 0.346 e. The van der Waals surface area contributed by atoms with E-state index < -0.39 is 17.6 Å². The molecule has 0 amide bonds. The number of carbonyl (C=O) groups is 1. The van der Waals surface area contributed by atoms with Gasteiger partial charge in [-0.25, -0.2) is 9.18 Å². The van der Waals surface area contributed by atoms with Gasteiger partial charge in [0.15, 0.2) is 0 Å². The first-order valence-corrected chi connectivity index (χ1v) is 10.8. The van der Waals surface area contributed by atoms with Crippen molar-refractivity contribution in [3.8, 4) is 11.1 Å². The summed E-state index contributed by atoms with van der Waals surface area (Å²) in [5.74, 6) is -2.44. The fourth-order valence-electron chi connectivity index (χ4n) is 3.93. The molecule has 0 heterocycles. The number of oxime groups is 1. The van der Waals surface area contributed by atoms with Crippen molar-refractivity contribution in [1.29, 1.82) is 0 Å². The Morgan fingerprint density at radius 1 is 1.00 bits per heavy atom. The van der Waals surface area contributed by atoms with Crippen LogP contribution in [-0.2, 0) is 16.9 Å². The van der Waals surface area contributed by atoms with Gasteiger partial charge in [-0.15, -0.1) is 5.16 Å². The van der Waals surface area contributed by atoms with E-state index >= 15 is 4.39 Å². The molecule has 166 valence electrons. The first-order valence-electron chi connectivity index (χ1n) is 10.4. The maximum absolute atomic E-state index is 16.2. The van der Waals surface area contributed by atoms with Crippen molar-refractivity contribution in [2.75, 3.05) is 0 Å². The van der Waals surface area contributed by atoms with E-state index in [1.54, 1.807) is 24.3 Å². The Bertz CT molecular complexity index is 1040. The van der Waals surface area contributed by atoms with Gasteiger partial charge < -0.3 is 10.3 Å². The Morgan fingerprint density at radius 3 is 2.16 bits per heavy atom. The predicted octanol–water partition coefficient (Wildman–Crippen LogP) is 6.75. The number of aryl methyl sites for hydroxylation is 1. The number of nitrogens with zero attached hydrogens (tertiary/aromatic N) is 1. The van der Waals surface area contributed by atoms with Crippen molar-refractivity contribution in [3.05, 3.63) is 95.0 Å². The lowest BCUT2D eigenvalue weighted by Crippen LogP contribution is -2.39. The van der Waals surface area contributed by atoms with Crippen LogP contribution in [0.15, 0.2) is 84.0 Å². The highest BCUT2D eigenvalue weighted by molar-refractivity contribution is 6.30. The quantitative estimate of drug-likeness (QED) is 0.203. The number of alkyl halides is 1. The molecule has 4 nitrogen and oxygen atoms in total. The molecule has 2 unspecified atom stereocenters. The number of carboxylic acid groups (broad SMARTS) is 1. The lowest BCUT2D eigenvalue weighted by Gasteiger charge is -2.30. The van der Waals surface area contributed by atoms with Crippen LogP contribution in [0.4, 0.5) is 4.39 Å². The average Bonchev–Trinajstić information content (AvgIpc) is 2.82. The summed E-state index contributed by atoms with van der Waals surface area (Å²) in [4.78, 5) is 12.2. The van der Waals surface area contributed by atoms with Gasteiger partial charge in [-0.2, -0.15) is 0 Å². The zero-order valence-electron chi connectivity index (χ0n) is 17.5. The van der Waals surface area contributed by atoms with Crippen LogP contribution in [0.2, 0.25) is 5.02 Å². The molecular weight excluding hydrogens is 429 g/mol. The first-order chi connectivity index (χ1) is 15.4. The Morgan fingerprint density at radius 2 is 1.59 bits per heavy atom. The largest absolute Gasteiger partial charge is 0.479 e. The highest BCUT2D eigenvalue weighted by atomic mass is 35.5. The number of hydrogen-bond donors (Lipinski definition) is 2. The van der Waals surface area contributed by atoms with Crippen LogP contribution in [0, 0.1) is 5.92 Å². The average molecular weight is 454 g/mol. The Hall–Kier alpha value is -3.18. The molecule has 6 heteroatoms. The maximum Gasteiger partial charge on any atom is 0.346 e. The Balaban J connectivity index is 1.84. The monoisotopic (exact) mass is 453 g/mol. The summed E-state index contributed by atoms with van der Waals surface area (Å²) < 4.78 is 16.2. The molecule has 0 aliphatic heterocycles. The molecule has 0 bridgehead atoms. The van der Waals surface area contributed by atoms with Gasteiger partial charge >= 0.3 is 5.97 Å². The molecule has 0 spiro atoms. The molecule has 3 aromatic carbocycles. The lowest BCUT2D eigenvalue weighted by molar-refractivity contribution is -0.156. The fraction of sp³-hybridized carbons (Fsp3) is 0.231. The second-order valence-electron chi connectivity index (χ2n) is 7.71. The van der Waals surface area contributed by atoms with Gasteiger partial charge in [0.2, 0.25) is 5.67 Å². The van der Waals surface area contributed by atoms with Gasteiger partial charge in [0.05, 0.1) is 0 Å². The van der Waals surface area contributed by atoms with E-state index in [1.807, 2.05) is 42.5 Å². The van der Waals surface area contributed by atoms with Crippen LogP contribution < -0.4 is 0 Å². The third-order valence-electron chi connectivity index (χ3n) is 5.69. The molecule has 0 aromatic heterocycles. The van der Waals surface area contributed by atoms with E-state index in [1.165, 1.54) is 12.1 Å². The van der Waals surface area contributed by atoms with E-state index in [4.69, 9.17) is 16.8 Å². The minimum absolute atomic E-state index is 0.00697. The van der Waals surface area contributed by atoms with Crippen molar-refractivity contribution in [2.45, 2.75) is 31.4 Å². The van der Waals surface area contributed by atoms with Crippen molar-refractivity contribution < 1.29 is 19.5 Å². The number of halogens is 2. The minimum Gasteiger partial charge on any atom is -0.479 e. The molecule has 0 radical (unpaired) electrons. The van der Waals surface area contributed by atoms with Crippen LogP contribution in [0.1, 0.15) is 30.4 Å². The van der Waals surface area contributed by atoms with Crippen molar-refractivity contribution in [1.82, 2.24) is 0 Å². The summed E-state index contributed by atoms with van der Waals surface area (Å²) in [5, 5.41) is 22.3. The molecular formula is C26H25ClFNO3. The summed E-state index contributed by atoms with van der Waals surface area (Å²) in [5.41, 5.74) is 0.285. The standard InChI is InChI=1S/C26H25ClFNO3/c27-24-15-11-21(12-16-24)20-9-13-23(14-10-20)26(28,25(30)31)22(17-18-29-32)8-4-7-19-5-2-1-3-6-19/h1-3,5-6,9-16,18,22,32H,4,7-8,17H2,(H,30,31). The second kappa shape index (κ2) is 10.9. The summed E-state index contributed by atoms with van der Waals surface area (Å²) in [7, 11) is 0. The van der Waals surface area contributed by atoms with Crippen LogP contribution in [0.25, 0.3) is 11.1 Å². The van der Waals surface area contributed by atoms with Crippen LogP contribution >= 0.6 is 11.6 Å². The maximum atomic E-state index is 16.2. The van der Waals surface area contributed by atoms with E-state index in [9.17, 15) is 9.90 Å². The number of carboxylic acids is 1. The summed E-state index contributed by atoms with van der Waals surface area (Å²) in [6, 6.07) is 23.4. The van der Waals surface area contributed by atoms with Gasteiger partial charge in [0.25, 0.3) is 0 Å². The molecule has 0 aliphatic carbocycles. The normalized spacial score (nSPS) is 14.2. The van der Waals surface area contributed by atoms with Crippen molar-refractivity contribution >= 4 is 23.8 Å². The van der Waals surface area contributed by atoms with Gasteiger partial charge in [-0.3, -0.25) is 0 Å². The van der Waals surface area contributed by atoms with Crippen LogP contribution in [0.3, 0.4) is 0 Å². The summed E-state index contributed by atoms with van der Waals surface area (Å²) in [6.45, 7) is 0. The highest BCUT2D eigenvalue weighted by Gasteiger charge is 2.47. The van der Waals surface area contributed by atoms with Gasteiger partial charge in [0, 0.05) is 22.7 Å². The lowest BCUT2D eigenvalue weighted by atomic mass is 9.78. The highest BCUT2D eigenvalue weighted by Crippen LogP contribution is 2.40. The molecule has 3 aromatic rings. The number of rotatable bonds is 10. The molecule has 0 saturated carbocycles. The zero-order chi connectivity index (χ0) is 23.0. The Labute approximate surface area is 192 Å². The molecule has 2 atom stereocenters. The van der Waals surface area contributed by atoms with Gasteiger partial charge in [0.1, 0.15) is 0 Å². The summed E-state index contributed by atoms with van der Waals surface area (Å²) in [6.07, 6.45) is 2.80. The van der Waals surface area contributed by atoms with Crippen molar-refractivity contribution in [2.24, 2.45) is 11.1 Å². The molecule has 0 fully saturated rings. The van der Waals surface area contributed by atoms with Crippen LogP contribution in [-0.4, -0.2) is 22.5 Å². The molecule has 2 N–H and O–H groups in total. The first kappa shape index (κ1) is 23.5. The van der Waals surface area contributed by atoms with Crippen molar-refractivity contribution in [3.63, 3.8) is 0 Å². The molecule has 32 heavy (non-hydrogen) atoms. The number of hydrogen-bond acceptors (Lipinski definition) is 3. The predicted molar refractivity (Wildman–Crippen MR) is 125 cm³/mol. The van der Waals surface area contributed by atoms with E-state index in [0.717, 1.165) is 22.9 Å². The fourth-order valence-corrected chi connectivity index (χ4v) is 4.06. The van der Waals surface area contributed by atoms with E-state index in [0.29, 0.717) is 24.3 Å².